The monoisotopic (exact) mass is 299 g/mol. The lowest BCUT2D eigenvalue weighted by Gasteiger charge is -1.93. The van der Waals surface area contributed by atoms with E-state index in [-0.39, 0.29) is 16.7 Å². The normalized spacial score (nSPS) is 7.29. The van der Waals surface area contributed by atoms with Crippen LogP contribution in [0, 0.1) is 0 Å². The first-order chi connectivity index (χ1) is 9.34. The number of carbonyl (C=O) groups is 3. The van der Waals surface area contributed by atoms with E-state index in [1.54, 1.807) is 0 Å². The third-order valence-corrected chi connectivity index (χ3v) is 1.05. The summed E-state index contributed by atoms with van der Waals surface area (Å²) in [6.45, 7) is 17.7. The molecule has 0 aliphatic heterocycles. The molecule has 21 heavy (non-hydrogen) atoms. The molecule has 6 heteroatoms. The van der Waals surface area contributed by atoms with Gasteiger partial charge in [-0.2, -0.15) is 0 Å². The molecule has 0 amide bonds. The van der Waals surface area contributed by atoms with Crippen molar-refractivity contribution >= 4 is 17.9 Å². The summed E-state index contributed by atoms with van der Waals surface area (Å²) >= 11 is 0. The van der Waals surface area contributed by atoms with Gasteiger partial charge in [0.2, 0.25) is 0 Å². The summed E-state index contributed by atoms with van der Waals surface area (Å²) in [5.74, 6) is -3.56. The van der Waals surface area contributed by atoms with Crippen molar-refractivity contribution < 1.29 is 29.7 Å². The van der Waals surface area contributed by atoms with Crippen molar-refractivity contribution in [3.63, 3.8) is 0 Å². The average molecular weight is 299 g/mol. The van der Waals surface area contributed by atoms with Crippen molar-refractivity contribution in [2.24, 2.45) is 0 Å². The number of rotatable bonds is 3. The van der Waals surface area contributed by atoms with Crippen molar-refractivity contribution in [3.05, 3.63) is 36.5 Å². The molecular formula is C15H23O6-3. The van der Waals surface area contributed by atoms with Gasteiger partial charge in [0.25, 0.3) is 0 Å². The first-order valence-corrected chi connectivity index (χ1v) is 5.95. The number of carboxylic acid groups (broad SMARTS) is 3. The minimum Gasteiger partial charge on any atom is -0.545 e. The van der Waals surface area contributed by atoms with Gasteiger partial charge in [-0.25, -0.2) is 0 Å². The second kappa shape index (κ2) is 17.6. The van der Waals surface area contributed by atoms with Crippen LogP contribution in [0.4, 0.5) is 0 Å². The zero-order valence-corrected chi connectivity index (χ0v) is 13.3. The maximum absolute atomic E-state index is 9.49. The highest BCUT2D eigenvalue weighted by atomic mass is 16.4. The molecule has 6 nitrogen and oxygen atoms in total. The third kappa shape index (κ3) is 46.4. The van der Waals surface area contributed by atoms with Crippen molar-refractivity contribution in [1.29, 1.82) is 0 Å². The van der Waals surface area contributed by atoms with E-state index in [4.69, 9.17) is 0 Å². The molecule has 0 N–H and O–H groups in total. The van der Waals surface area contributed by atoms with Gasteiger partial charge < -0.3 is 29.7 Å². The Morgan fingerprint density at radius 2 is 0.714 bits per heavy atom. The zero-order chi connectivity index (χ0) is 18.2. The van der Waals surface area contributed by atoms with Crippen LogP contribution in [0.5, 0.6) is 0 Å². The Morgan fingerprint density at radius 3 is 0.714 bits per heavy atom. The highest BCUT2D eigenvalue weighted by Crippen LogP contribution is 1.78. The van der Waals surface area contributed by atoms with Crippen molar-refractivity contribution in [2.75, 3.05) is 0 Å². The second-order valence-corrected chi connectivity index (χ2v) is 3.91. The van der Waals surface area contributed by atoms with Crippen molar-refractivity contribution in [1.82, 2.24) is 0 Å². The molecule has 0 rings (SSSR count). The Bertz CT molecular complexity index is 287. The molecule has 0 aliphatic rings. The quantitative estimate of drug-likeness (QED) is 0.639. The highest BCUT2D eigenvalue weighted by molar-refractivity contribution is 5.83. The lowest BCUT2D eigenvalue weighted by atomic mass is 10.4. The molecule has 0 aromatic carbocycles. The SMILES string of the molecule is C=C(C)C(=O)[O-].C=C(C)C(=O)[O-].C=C(C)C(=O)[O-].CCC. The largest absolute Gasteiger partial charge is 0.545 e. The molecule has 0 unspecified atom stereocenters. The summed E-state index contributed by atoms with van der Waals surface area (Å²) in [7, 11) is 0. The third-order valence-electron chi connectivity index (χ3n) is 1.05. The average Bonchev–Trinajstić information content (AvgIpc) is 2.30. The molecule has 0 fully saturated rings. The van der Waals surface area contributed by atoms with Crippen LogP contribution in [0.1, 0.15) is 41.0 Å². The number of carboxylic acids is 3. The maximum Gasteiger partial charge on any atom is 0.0666 e. The van der Waals surface area contributed by atoms with Gasteiger partial charge in [0.05, 0.1) is 17.9 Å². The Morgan fingerprint density at radius 1 is 0.667 bits per heavy atom. The molecule has 122 valence electrons. The predicted molar refractivity (Wildman–Crippen MR) is 75.4 cm³/mol. The summed E-state index contributed by atoms with van der Waals surface area (Å²) in [4.78, 5) is 28.5. The van der Waals surface area contributed by atoms with Gasteiger partial charge in [-0.05, 0) is 37.5 Å². The van der Waals surface area contributed by atoms with Crippen LogP contribution in [-0.4, -0.2) is 17.9 Å². The van der Waals surface area contributed by atoms with E-state index in [9.17, 15) is 29.7 Å². The minimum atomic E-state index is -1.19. The number of hydrogen-bond acceptors (Lipinski definition) is 6. The summed E-state index contributed by atoms with van der Waals surface area (Å²) < 4.78 is 0. The van der Waals surface area contributed by atoms with Gasteiger partial charge >= 0.3 is 0 Å². The van der Waals surface area contributed by atoms with Crippen molar-refractivity contribution in [2.45, 2.75) is 41.0 Å². The van der Waals surface area contributed by atoms with E-state index >= 15 is 0 Å². The van der Waals surface area contributed by atoms with E-state index in [1.165, 1.54) is 27.2 Å². The van der Waals surface area contributed by atoms with Crippen molar-refractivity contribution in [3.8, 4) is 0 Å². The van der Waals surface area contributed by atoms with Crippen LogP contribution < -0.4 is 15.3 Å². The molecule has 0 saturated heterocycles. The molecule has 0 heterocycles. The number of hydrogen-bond donors (Lipinski definition) is 0. The lowest BCUT2D eigenvalue weighted by molar-refractivity contribution is -0.300. The predicted octanol–water partition coefficient (Wildman–Crippen LogP) is -0.646. The molecule has 0 bridgehead atoms. The Labute approximate surface area is 126 Å². The smallest absolute Gasteiger partial charge is 0.0666 e. The minimum absolute atomic E-state index is 0.0648. The number of aliphatic carboxylic acids is 3. The van der Waals surface area contributed by atoms with Gasteiger partial charge in [0.15, 0.2) is 0 Å². The van der Waals surface area contributed by atoms with Gasteiger partial charge in [-0.15, -0.1) is 0 Å². The van der Waals surface area contributed by atoms with E-state index in [1.807, 2.05) is 0 Å². The fourth-order valence-corrected chi connectivity index (χ4v) is 0. The molecule has 0 atom stereocenters. The Kier molecular flexibility index (Phi) is 22.7. The standard InChI is InChI=1S/3C4H6O2.C3H8/c3*1-3(2)4(5)6;1-3-2/h3*1H2,2H3,(H,5,6);3H2,1-2H3/p-3. The van der Waals surface area contributed by atoms with E-state index < -0.39 is 17.9 Å². The number of carbonyl (C=O) groups excluding carboxylic acids is 3. The molecule has 0 saturated carbocycles. The zero-order valence-electron chi connectivity index (χ0n) is 13.3. The molecule has 0 aliphatic carbocycles. The van der Waals surface area contributed by atoms with Gasteiger partial charge in [-0.3, -0.25) is 0 Å². The van der Waals surface area contributed by atoms with Gasteiger partial charge in [0.1, 0.15) is 0 Å². The van der Waals surface area contributed by atoms with Crippen LogP contribution in [0.15, 0.2) is 36.5 Å². The summed E-state index contributed by atoms with van der Waals surface area (Å²) in [6, 6.07) is 0. The fourth-order valence-electron chi connectivity index (χ4n) is 0. The highest BCUT2D eigenvalue weighted by Gasteiger charge is 1.77. The van der Waals surface area contributed by atoms with Crippen LogP contribution in [0.2, 0.25) is 0 Å². The van der Waals surface area contributed by atoms with Crippen LogP contribution in [0.3, 0.4) is 0 Å². The van der Waals surface area contributed by atoms with Crippen LogP contribution in [-0.2, 0) is 14.4 Å². The van der Waals surface area contributed by atoms with Crippen LogP contribution >= 0.6 is 0 Å². The first-order valence-electron chi connectivity index (χ1n) is 5.95. The molecule has 0 spiro atoms. The maximum atomic E-state index is 9.49. The summed E-state index contributed by atoms with van der Waals surface area (Å²) in [6.07, 6.45) is 1.25. The van der Waals surface area contributed by atoms with E-state index in [0.29, 0.717) is 0 Å². The van der Waals surface area contributed by atoms with Gasteiger partial charge in [0, 0.05) is 0 Å². The second-order valence-electron chi connectivity index (χ2n) is 3.91. The summed E-state index contributed by atoms with van der Waals surface area (Å²) in [5, 5.41) is 28.5. The Hall–Kier alpha value is -2.37. The van der Waals surface area contributed by atoms with E-state index in [0.717, 1.165) is 0 Å². The van der Waals surface area contributed by atoms with Crippen LogP contribution in [0.25, 0.3) is 0 Å². The summed E-state index contributed by atoms with van der Waals surface area (Å²) in [5.41, 5.74) is 0.194. The molecule has 0 aromatic heterocycles. The topological polar surface area (TPSA) is 120 Å². The van der Waals surface area contributed by atoms with E-state index in [2.05, 4.69) is 33.6 Å². The lowest BCUT2D eigenvalue weighted by Crippen LogP contribution is -2.22. The Balaban J connectivity index is -0.0000000944. The fraction of sp³-hybridized carbons (Fsp3) is 0.400. The van der Waals surface area contributed by atoms with Gasteiger partial charge in [-0.1, -0.05) is 40.0 Å². The molecule has 0 radical (unpaired) electrons. The molecular weight excluding hydrogens is 276 g/mol. The first kappa shape index (κ1) is 27.1. The molecule has 0 aromatic rings.